The molecule has 0 atom stereocenters. The second-order valence-electron chi connectivity index (χ2n) is 5.08. The van der Waals surface area contributed by atoms with Crippen molar-refractivity contribution >= 4 is 23.2 Å². The molecule has 6 heteroatoms. The Labute approximate surface area is 134 Å². The maximum atomic E-state index is 9.85. The predicted molar refractivity (Wildman–Crippen MR) is 86.2 cm³/mol. The highest BCUT2D eigenvalue weighted by Crippen LogP contribution is 2.30. The van der Waals surface area contributed by atoms with Gasteiger partial charge in [0.2, 0.25) is 0 Å². The number of hydrogen-bond donors (Lipinski definition) is 2. The van der Waals surface area contributed by atoms with Crippen molar-refractivity contribution in [3.63, 3.8) is 0 Å². The van der Waals surface area contributed by atoms with Gasteiger partial charge < -0.3 is 10.4 Å². The fraction of sp³-hybridized carbons (Fsp3) is 0.400. The average Bonchev–Trinajstić information content (AvgIpc) is 2.73. The summed E-state index contributed by atoms with van der Waals surface area (Å²) < 4.78 is 2.00. The van der Waals surface area contributed by atoms with Crippen molar-refractivity contribution in [2.24, 2.45) is 0 Å². The number of hydrogen-bond acceptors (Lipinski definition) is 3. The molecule has 0 saturated heterocycles. The summed E-state index contributed by atoms with van der Waals surface area (Å²) in [5.74, 6) is 0.0899. The summed E-state index contributed by atoms with van der Waals surface area (Å²) in [5.41, 5.74) is 2.92. The summed E-state index contributed by atoms with van der Waals surface area (Å²) in [6, 6.07) is 5.32. The van der Waals surface area contributed by atoms with Crippen molar-refractivity contribution in [3.05, 3.63) is 45.2 Å². The second kappa shape index (κ2) is 7.16. The molecule has 1 aromatic carbocycles. The number of halogens is 2. The molecule has 114 valence electrons. The van der Waals surface area contributed by atoms with E-state index in [1.54, 1.807) is 6.07 Å². The van der Waals surface area contributed by atoms with Crippen LogP contribution in [0.25, 0.3) is 0 Å². The molecule has 0 fully saturated rings. The second-order valence-corrected chi connectivity index (χ2v) is 5.92. The van der Waals surface area contributed by atoms with Crippen LogP contribution in [0.2, 0.25) is 10.0 Å². The van der Waals surface area contributed by atoms with Gasteiger partial charge in [-0.05, 0) is 45.0 Å². The zero-order chi connectivity index (χ0) is 15.4. The van der Waals surface area contributed by atoms with E-state index in [4.69, 9.17) is 23.2 Å². The van der Waals surface area contributed by atoms with Crippen molar-refractivity contribution in [2.75, 3.05) is 6.54 Å². The normalized spacial score (nSPS) is 11.0. The fourth-order valence-electron chi connectivity index (χ4n) is 2.23. The van der Waals surface area contributed by atoms with Gasteiger partial charge >= 0.3 is 0 Å². The Hall–Kier alpha value is -1.23. The van der Waals surface area contributed by atoms with Gasteiger partial charge in [-0.15, -0.1) is 0 Å². The Morgan fingerprint density at radius 2 is 2.00 bits per heavy atom. The Morgan fingerprint density at radius 1 is 1.24 bits per heavy atom. The lowest BCUT2D eigenvalue weighted by Gasteiger charge is -2.09. The molecule has 2 N–H and O–H groups in total. The SMILES string of the molecule is Cc1cc(C)n(CCCNCc2cc(Cl)cc(Cl)c2O)n1. The van der Waals surface area contributed by atoms with Crippen LogP contribution < -0.4 is 5.32 Å². The molecule has 1 heterocycles. The van der Waals surface area contributed by atoms with E-state index < -0.39 is 0 Å². The van der Waals surface area contributed by atoms with Crippen LogP contribution in [0.15, 0.2) is 18.2 Å². The third-order valence-corrected chi connectivity index (χ3v) is 3.76. The van der Waals surface area contributed by atoms with E-state index in [2.05, 4.69) is 23.4 Å². The molecule has 0 aliphatic heterocycles. The highest BCUT2D eigenvalue weighted by molar-refractivity contribution is 6.35. The highest BCUT2D eigenvalue weighted by atomic mass is 35.5. The van der Waals surface area contributed by atoms with Gasteiger partial charge in [-0.3, -0.25) is 4.68 Å². The topological polar surface area (TPSA) is 50.1 Å². The minimum Gasteiger partial charge on any atom is -0.506 e. The number of aromatic nitrogens is 2. The Kier molecular flexibility index (Phi) is 5.51. The molecule has 0 saturated carbocycles. The number of rotatable bonds is 6. The van der Waals surface area contributed by atoms with Crippen LogP contribution in [-0.4, -0.2) is 21.4 Å². The number of phenols is 1. The third kappa shape index (κ3) is 4.37. The Balaban J connectivity index is 1.79. The van der Waals surface area contributed by atoms with Gasteiger partial charge in [-0.1, -0.05) is 23.2 Å². The van der Waals surface area contributed by atoms with E-state index in [9.17, 15) is 5.11 Å². The summed E-state index contributed by atoms with van der Waals surface area (Å²) in [7, 11) is 0. The number of nitrogens with zero attached hydrogens (tertiary/aromatic N) is 2. The van der Waals surface area contributed by atoms with Crippen LogP contribution in [0.5, 0.6) is 5.75 Å². The molecule has 2 rings (SSSR count). The van der Waals surface area contributed by atoms with Gasteiger partial charge in [-0.2, -0.15) is 5.10 Å². The summed E-state index contributed by atoms with van der Waals surface area (Å²) >= 11 is 11.8. The fourth-order valence-corrected chi connectivity index (χ4v) is 2.77. The number of aromatic hydroxyl groups is 1. The lowest BCUT2D eigenvalue weighted by molar-refractivity contribution is 0.462. The first kappa shape index (κ1) is 16.1. The van der Waals surface area contributed by atoms with Crippen molar-refractivity contribution in [1.82, 2.24) is 15.1 Å². The van der Waals surface area contributed by atoms with Crippen LogP contribution in [-0.2, 0) is 13.1 Å². The molecule has 0 bridgehead atoms. The average molecular weight is 328 g/mol. The maximum absolute atomic E-state index is 9.85. The number of phenolic OH excluding ortho intramolecular Hbond substituents is 1. The van der Waals surface area contributed by atoms with Gasteiger partial charge in [0.25, 0.3) is 0 Å². The smallest absolute Gasteiger partial charge is 0.138 e. The summed E-state index contributed by atoms with van der Waals surface area (Å²) in [5, 5.41) is 18.3. The highest BCUT2D eigenvalue weighted by Gasteiger charge is 2.07. The van der Waals surface area contributed by atoms with Crippen molar-refractivity contribution < 1.29 is 5.11 Å². The van der Waals surface area contributed by atoms with Crippen LogP contribution in [0, 0.1) is 13.8 Å². The van der Waals surface area contributed by atoms with Crippen LogP contribution >= 0.6 is 23.2 Å². The third-order valence-electron chi connectivity index (χ3n) is 3.25. The lowest BCUT2D eigenvalue weighted by Crippen LogP contribution is -2.17. The predicted octanol–water partition coefficient (Wildman–Crippen LogP) is 3.69. The first-order valence-corrected chi connectivity index (χ1v) is 7.61. The maximum Gasteiger partial charge on any atom is 0.138 e. The number of nitrogens with one attached hydrogen (secondary N) is 1. The van der Waals surface area contributed by atoms with E-state index in [0.717, 1.165) is 25.2 Å². The molecular formula is C15H19Cl2N3O. The lowest BCUT2D eigenvalue weighted by atomic mass is 10.2. The first-order chi connectivity index (χ1) is 9.97. The Bertz CT molecular complexity index is 626. The molecule has 0 aliphatic rings. The molecule has 1 aromatic heterocycles. The van der Waals surface area contributed by atoms with E-state index in [1.807, 2.05) is 11.6 Å². The van der Waals surface area contributed by atoms with Gasteiger partial charge in [0.1, 0.15) is 5.75 Å². The molecule has 0 amide bonds. The summed E-state index contributed by atoms with van der Waals surface area (Å²) in [6.45, 7) is 6.27. The zero-order valence-corrected chi connectivity index (χ0v) is 13.7. The summed E-state index contributed by atoms with van der Waals surface area (Å²) in [6.07, 6.45) is 0.955. The van der Waals surface area contributed by atoms with Crippen molar-refractivity contribution in [2.45, 2.75) is 33.4 Å². The molecule has 0 spiro atoms. The van der Waals surface area contributed by atoms with Crippen molar-refractivity contribution in [3.8, 4) is 5.75 Å². The standard InChI is InChI=1S/C15H19Cl2N3O/c1-10-6-11(2)20(19-10)5-3-4-18-9-12-7-13(16)8-14(17)15(12)21/h6-8,18,21H,3-5,9H2,1-2H3. The van der Waals surface area contributed by atoms with Gasteiger partial charge in [-0.25, -0.2) is 0 Å². The van der Waals surface area contributed by atoms with Crippen molar-refractivity contribution in [1.29, 1.82) is 0 Å². The Morgan fingerprint density at radius 3 is 2.67 bits per heavy atom. The number of aryl methyl sites for hydroxylation is 3. The minimum absolute atomic E-state index is 0.0899. The van der Waals surface area contributed by atoms with Gasteiger partial charge in [0, 0.05) is 29.4 Å². The van der Waals surface area contributed by atoms with E-state index >= 15 is 0 Å². The zero-order valence-electron chi connectivity index (χ0n) is 12.2. The minimum atomic E-state index is 0.0899. The number of benzene rings is 1. The van der Waals surface area contributed by atoms with Crippen LogP contribution in [0.4, 0.5) is 0 Å². The largest absolute Gasteiger partial charge is 0.506 e. The quantitative estimate of drug-likeness (QED) is 0.795. The molecular weight excluding hydrogens is 309 g/mol. The summed E-state index contributed by atoms with van der Waals surface area (Å²) in [4.78, 5) is 0. The van der Waals surface area contributed by atoms with Gasteiger partial charge in [0.15, 0.2) is 0 Å². The molecule has 2 aromatic rings. The monoisotopic (exact) mass is 327 g/mol. The molecule has 0 unspecified atom stereocenters. The molecule has 4 nitrogen and oxygen atoms in total. The molecule has 21 heavy (non-hydrogen) atoms. The van der Waals surface area contributed by atoms with Crippen LogP contribution in [0.3, 0.4) is 0 Å². The first-order valence-electron chi connectivity index (χ1n) is 6.86. The van der Waals surface area contributed by atoms with E-state index in [1.165, 1.54) is 11.8 Å². The van der Waals surface area contributed by atoms with Crippen LogP contribution in [0.1, 0.15) is 23.4 Å². The van der Waals surface area contributed by atoms with E-state index in [0.29, 0.717) is 17.1 Å². The molecule has 0 aliphatic carbocycles. The molecule has 0 radical (unpaired) electrons. The van der Waals surface area contributed by atoms with E-state index in [-0.39, 0.29) is 10.8 Å². The van der Waals surface area contributed by atoms with Gasteiger partial charge in [0.05, 0.1) is 10.7 Å².